The summed E-state index contributed by atoms with van der Waals surface area (Å²) >= 11 is 3.28. The third-order valence-corrected chi connectivity index (χ3v) is 3.31. The Labute approximate surface area is 123 Å². The van der Waals surface area contributed by atoms with E-state index < -0.39 is 4.92 Å². The monoisotopic (exact) mass is 335 g/mol. The second-order valence-corrected chi connectivity index (χ2v) is 4.94. The fourth-order valence-corrected chi connectivity index (χ4v) is 2.17. The van der Waals surface area contributed by atoms with E-state index in [-0.39, 0.29) is 11.4 Å². The summed E-state index contributed by atoms with van der Waals surface area (Å²) in [7, 11) is 0. The van der Waals surface area contributed by atoms with Crippen molar-refractivity contribution in [3.63, 3.8) is 0 Å². The molecule has 0 aromatic heterocycles. The molecule has 2 aromatic carbocycles. The van der Waals surface area contributed by atoms with Gasteiger partial charge >= 0.3 is 5.69 Å². The molecule has 0 unspecified atom stereocenters. The minimum absolute atomic E-state index is 0.101. The molecule has 0 aliphatic rings. The SMILES string of the molecule is Cc1cccc([N+](=O)[O-])c1Oc1ccc(C=O)cc1Br. The van der Waals surface area contributed by atoms with Crippen LogP contribution < -0.4 is 4.74 Å². The second kappa shape index (κ2) is 5.83. The average molecular weight is 336 g/mol. The molecule has 0 amide bonds. The number of hydrogen-bond acceptors (Lipinski definition) is 4. The van der Waals surface area contributed by atoms with E-state index in [0.29, 0.717) is 27.6 Å². The van der Waals surface area contributed by atoms with E-state index in [9.17, 15) is 14.9 Å². The maximum absolute atomic E-state index is 11.0. The van der Waals surface area contributed by atoms with E-state index in [2.05, 4.69) is 15.9 Å². The Balaban J connectivity index is 2.44. The molecule has 0 aliphatic heterocycles. The van der Waals surface area contributed by atoms with Gasteiger partial charge < -0.3 is 4.74 Å². The summed E-state index contributed by atoms with van der Waals surface area (Å²) in [6.07, 6.45) is 0.713. The molecule has 0 bridgehead atoms. The number of aryl methyl sites for hydroxylation is 1. The topological polar surface area (TPSA) is 69.4 Å². The zero-order chi connectivity index (χ0) is 14.7. The summed E-state index contributed by atoms with van der Waals surface area (Å²) in [4.78, 5) is 21.2. The first kappa shape index (κ1) is 14.2. The van der Waals surface area contributed by atoms with E-state index in [0.717, 1.165) is 0 Å². The number of para-hydroxylation sites is 1. The van der Waals surface area contributed by atoms with Gasteiger partial charge in [-0.25, -0.2) is 0 Å². The number of nitrogens with zero attached hydrogens (tertiary/aromatic N) is 1. The number of ether oxygens (including phenoxy) is 1. The molecule has 20 heavy (non-hydrogen) atoms. The molecule has 5 nitrogen and oxygen atoms in total. The van der Waals surface area contributed by atoms with Crippen LogP contribution in [0.5, 0.6) is 11.5 Å². The molecule has 0 heterocycles. The molecule has 6 heteroatoms. The van der Waals surface area contributed by atoms with Gasteiger partial charge in [0.25, 0.3) is 0 Å². The van der Waals surface area contributed by atoms with Gasteiger partial charge in [0.15, 0.2) is 0 Å². The molecule has 0 spiro atoms. The normalized spacial score (nSPS) is 10.1. The number of hydrogen-bond donors (Lipinski definition) is 0. The van der Waals surface area contributed by atoms with E-state index in [4.69, 9.17) is 4.74 Å². The Morgan fingerprint density at radius 1 is 1.30 bits per heavy atom. The van der Waals surface area contributed by atoms with Crippen molar-refractivity contribution in [1.29, 1.82) is 0 Å². The van der Waals surface area contributed by atoms with E-state index >= 15 is 0 Å². The van der Waals surface area contributed by atoms with Gasteiger partial charge in [-0.3, -0.25) is 14.9 Å². The number of nitro benzene ring substituents is 1. The highest BCUT2D eigenvalue weighted by atomic mass is 79.9. The molecule has 102 valence electrons. The Kier molecular flexibility index (Phi) is 4.14. The molecular formula is C14H10BrNO4. The van der Waals surface area contributed by atoms with Crippen molar-refractivity contribution in [1.82, 2.24) is 0 Å². The third-order valence-electron chi connectivity index (χ3n) is 2.69. The first-order valence-electron chi connectivity index (χ1n) is 5.69. The molecular weight excluding hydrogens is 326 g/mol. The highest BCUT2D eigenvalue weighted by Gasteiger charge is 2.18. The largest absolute Gasteiger partial charge is 0.449 e. The summed E-state index contributed by atoms with van der Waals surface area (Å²) in [6, 6.07) is 9.48. The van der Waals surface area contributed by atoms with Gasteiger partial charge in [0.2, 0.25) is 5.75 Å². The first-order chi connectivity index (χ1) is 9.52. The molecule has 0 saturated heterocycles. The van der Waals surface area contributed by atoms with Gasteiger partial charge in [-0.05, 0) is 46.6 Å². The van der Waals surface area contributed by atoms with Crippen LogP contribution in [-0.4, -0.2) is 11.2 Å². The Morgan fingerprint density at radius 2 is 2.05 bits per heavy atom. The van der Waals surface area contributed by atoms with Gasteiger partial charge in [-0.2, -0.15) is 0 Å². The lowest BCUT2D eigenvalue weighted by Crippen LogP contribution is -1.96. The lowest BCUT2D eigenvalue weighted by Gasteiger charge is -2.10. The average Bonchev–Trinajstić information content (AvgIpc) is 2.42. The molecule has 2 rings (SSSR count). The highest BCUT2D eigenvalue weighted by molar-refractivity contribution is 9.10. The van der Waals surface area contributed by atoms with Crippen LogP contribution in [0.25, 0.3) is 0 Å². The minimum atomic E-state index is -0.490. The van der Waals surface area contributed by atoms with Gasteiger partial charge in [-0.1, -0.05) is 12.1 Å². The van der Waals surface area contributed by atoms with Crippen molar-refractivity contribution in [2.75, 3.05) is 0 Å². The predicted octanol–water partition coefficient (Wildman–Crippen LogP) is 4.27. The standard InChI is InChI=1S/C14H10BrNO4/c1-9-3-2-4-12(16(18)19)14(9)20-13-6-5-10(8-17)7-11(13)15/h2-8H,1H3. The molecule has 2 aromatic rings. The fraction of sp³-hybridized carbons (Fsp3) is 0.0714. The lowest BCUT2D eigenvalue weighted by atomic mass is 10.2. The fourth-order valence-electron chi connectivity index (χ4n) is 1.70. The van der Waals surface area contributed by atoms with E-state index in [1.165, 1.54) is 6.07 Å². The lowest BCUT2D eigenvalue weighted by molar-refractivity contribution is -0.385. The summed E-state index contributed by atoms with van der Waals surface area (Å²) < 4.78 is 6.18. The molecule has 0 fully saturated rings. The van der Waals surface area contributed by atoms with Crippen LogP contribution in [0, 0.1) is 17.0 Å². The molecule has 0 radical (unpaired) electrons. The Morgan fingerprint density at radius 3 is 2.65 bits per heavy atom. The number of halogens is 1. The molecule has 0 atom stereocenters. The molecule has 0 N–H and O–H groups in total. The van der Waals surface area contributed by atoms with Gasteiger partial charge in [-0.15, -0.1) is 0 Å². The molecule has 0 aliphatic carbocycles. The van der Waals surface area contributed by atoms with Crippen LogP contribution in [-0.2, 0) is 0 Å². The van der Waals surface area contributed by atoms with Crippen LogP contribution >= 0.6 is 15.9 Å². The smallest absolute Gasteiger partial charge is 0.311 e. The highest BCUT2D eigenvalue weighted by Crippen LogP contribution is 2.37. The zero-order valence-corrected chi connectivity index (χ0v) is 12.1. The van der Waals surface area contributed by atoms with Crippen molar-refractivity contribution < 1.29 is 14.5 Å². The van der Waals surface area contributed by atoms with Crippen LogP contribution in [0.2, 0.25) is 0 Å². The van der Waals surface area contributed by atoms with Crippen molar-refractivity contribution in [2.45, 2.75) is 6.92 Å². The number of carbonyl (C=O) groups excluding carboxylic acids is 1. The van der Waals surface area contributed by atoms with Crippen molar-refractivity contribution >= 4 is 27.9 Å². The summed E-state index contributed by atoms with van der Waals surface area (Å²) in [5, 5.41) is 11.0. The Bertz CT molecular complexity index is 685. The van der Waals surface area contributed by atoms with Crippen LogP contribution in [0.4, 0.5) is 5.69 Å². The number of nitro groups is 1. The number of rotatable bonds is 4. The first-order valence-corrected chi connectivity index (χ1v) is 6.49. The zero-order valence-electron chi connectivity index (χ0n) is 10.5. The van der Waals surface area contributed by atoms with Crippen LogP contribution in [0.15, 0.2) is 40.9 Å². The second-order valence-electron chi connectivity index (χ2n) is 4.09. The minimum Gasteiger partial charge on any atom is -0.449 e. The Hall–Kier alpha value is -2.21. The number of carbonyl (C=O) groups is 1. The van der Waals surface area contributed by atoms with Crippen molar-refractivity contribution in [3.8, 4) is 11.5 Å². The molecule has 0 saturated carbocycles. The van der Waals surface area contributed by atoms with Gasteiger partial charge in [0.05, 0.1) is 9.40 Å². The summed E-state index contributed by atoms with van der Waals surface area (Å²) in [6.45, 7) is 1.73. The van der Waals surface area contributed by atoms with Gasteiger partial charge in [0, 0.05) is 11.6 Å². The van der Waals surface area contributed by atoms with Crippen LogP contribution in [0.1, 0.15) is 15.9 Å². The van der Waals surface area contributed by atoms with Crippen LogP contribution in [0.3, 0.4) is 0 Å². The number of aldehydes is 1. The van der Waals surface area contributed by atoms with Crippen molar-refractivity contribution in [2.24, 2.45) is 0 Å². The van der Waals surface area contributed by atoms with Crippen molar-refractivity contribution in [3.05, 3.63) is 62.1 Å². The third kappa shape index (κ3) is 2.85. The van der Waals surface area contributed by atoms with E-state index in [1.807, 2.05) is 0 Å². The predicted molar refractivity (Wildman–Crippen MR) is 77.4 cm³/mol. The number of benzene rings is 2. The maximum Gasteiger partial charge on any atom is 0.311 e. The summed E-state index contributed by atoms with van der Waals surface area (Å²) in [5.74, 6) is 0.602. The van der Waals surface area contributed by atoms with E-state index in [1.54, 1.807) is 37.3 Å². The summed E-state index contributed by atoms with van der Waals surface area (Å²) in [5.41, 5.74) is 1.05. The quantitative estimate of drug-likeness (QED) is 0.475. The van der Waals surface area contributed by atoms with Gasteiger partial charge in [0.1, 0.15) is 12.0 Å². The maximum atomic E-state index is 11.0.